The fraction of sp³-hybridized carbons (Fsp3) is 0.417. The third-order valence-electron chi connectivity index (χ3n) is 7.63. The number of hydrogen-bond acceptors (Lipinski definition) is 0. The lowest BCUT2D eigenvalue weighted by atomic mass is 9.63. The van der Waals surface area contributed by atoms with E-state index < -0.39 is 0 Å². The average molecular weight is 327 g/mol. The van der Waals surface area contributed by atoms with Crippen molar-refractivity contribution in [2.75, 3.05) is 0 Å². The van der Waals surface area contributed by atoms with Gasteiger partial charge in [0, 0.05) is 35.0 Å². The first kappa shape index (κ1) is 14.2. The zero-order valence-electron chi connectivity index (χ0n) is 15.0. The highest BCUT2D eigenvalue weighted by molar-refractivity contribution is 5.88. The largest absolute Gasteiger partial charge is 0.347 e. The fourth-order valence-corrected chi connectivity index (χ4v) is 6.74. The summed E-state index contributed by atoms with van der Waals surface area (Å²) in [6.07, 6.45) is 8.30. The Hall–Kier alpha value is -2.02. The van der Waals surface area contributed by atoms with E-state index in [0.717, 1.165) is 5.92 Å². The molecule has 1 heteroatoms. The molecule has 1 aromatic heterocycles. The molecule has 2 aromatic carbocycles. The number of hydrogen-bond donors (Lipinski definition) is 0. The quantitative estimate of drug-likeness (QED) is 0.499. The highest BCUT2D eigenvalue weighted by atomic mass is 15.0. The predicted molar refractivity (Wildman–Crippen MR) is 103 cm³/mol. The number of aryl methyl sites for hydroxylation is 1. The van der Waals surface area contributed by atoms with Crippen molar-refractivity contribution >= 4 is 10.9 Å². The van der Waals surface area contributed by atoms with Crippen molar-refractivity contribution in [2.45, 2.75) is 49.9 Å². The highest BCUT2D eigenvalue weighted by Gasteiger charge is 2.57. The minimum atomic E-state index is 0.415. The van der Waals surface area contributed by atoms with E-state index in [-0.39, 0.29) is 0 Å². The molecule has 3 aliphatic carbocycles. The molecule has 25 heavy (non-hydrogen) atoms. The van der Waals surface area contributed by atoms with Gasteiger partial charge in [0.05, 0.1) is 0 Å². The monoisotopic (exact) mass is 327 g/mol. The van der Waals surface area contributed by atoms with E-state index in [4.69, 9.17) is 0 Å². The molecule has 0 aliphatic heterocycles. The van der Waals surface area contributed by atoms with Crippen LogP contribution in [0.1, 0.15) is 60.4 Å². The second-order valence-corrected chi connectivity index (χ2v) is 8.54. The number of rotatable bonds is 0. The second kappa shape index (κ2) is 4.78. The lowest BCUT2D eigenvalue weighted by molar-refractivity contribution is 0.206. The van der Waals surface area contributed by atoms with Crippen LogP contribution in [0.3, 0.4) is 0 Å². The molecule has 0 radical (unpaired) electrons. The van der Waals surface area contributed by atoms with E-state index in [1.807, 2.05) is 0 Å². The molecular formula is C24H25N. The van der Waals surface area contributed by atoms with Crippen molar-refractivity contribution < 1.29 is 0 Å². The van der Waals surface area contributed by atoms with Gasteiger partial charge in [-0.1, -0.05) is 61.7 Å². The summed E-state index contributed by atoms with van der Waals surface area (Å²) in [5.74, 6) is 1.40. The molecule has 1 heterocycles. The van der Waals surface area contributed by atoms with Crippen LogP contribution in [-0.4, -0.2) is 4.57 Å². The molecule has 1 nitrogen and oxygen atoms in total. The van der Waals surface area contributed by atoms with Gasteiger partial charge in [0.15, 0.2) is 0 Å². The zero-order chi connectivity index (χ0) is 16.6. The Labute approximate surface area is 149 Å². The average Bonchev–Trinajstić information content (AvgIpc) is 3.26. The van der Waals surface area contributed by atoms with Crippen LogP contribution in [0.2, 0.25) is 0 Å². The minimum Gasteiger partial charge on any atom is -0.347 e. The van der Waals surface area contributed by atoms with Crippen molar-refractivity contribution in [1.29, 1.82) is 0 Å². The van der Waals surface area contributed by atoms with E-state index in [1.165, 1.54) is 49.4 Å². The first-order chi connectivity index (χ1) is 12.3. The molecule has 1 saturated carbocycles. The molecule has 6 rings (SSSR count). The van der Waals surface area contributed by atoms with Gasteiger partial charge in [-0.25, -0.2) is 0 Å². The number of fused-ring (bicyclic) bond motifs is 9. The normalized spacial score (nSPS) is 26.0. The number of nitrogens with zero attached hydrogens (tertiary/aromatic N) is 1. The summed E-state index contributed by atoms with van der Waals surface area (Å²) in [6, 6.07) is 18.4. The van der Waals surface area contributed by atoms with Gasteiger partial charge >= 0.3 is 0 Å². The summed E-state index contributed by atoms with van der Waals surface area (Å²) in [5, 5.41) is 1.54. The van der Waals surface area contributed by atoms with E-state index >= 15 is 0 Å². The Bertz CT molecular complexity index is 986. The van der Waals surface area contributed by atoms with Crippen molar-refractivity contribution in [3.8, 4) is 0 Å². The van der Waals surface area contributed by atoms with Gasteiger partial charge in [0.25, 0.3) is 0 Å². The molecule has 0 amide bonds. The third kappa shape index (κ3) is 1.60. The van der Waals surface area contributed by atoms with Gasteiger partial charge in [0.2, 0.25) is 0 Å². The lowest BCUT2D eigenvalue weighted by Gasteiger charge is -2.40. The van der Waals surface area contributed by atoms with Gasteiger partial charge in [-0.3, -0.25) is 0 Å². The van der Waals surface area contributed by atoms with Crippen LogP contribution in [0, 0.1) is 5.92 Å². The van der Waals surface area contributed by atoms with Crippen LogP contribution in [-0.2, 0) is 18.9 Å². The zero-order valence-corrected chi connectivity index (χ0v) is 15.0. The minimum absolute atomic E-state index is 0.415. The molecule has 1 spiro atoms. The predicted octanol–water partition coefficient (Wildman–Crippen LogP) is 5.70. The van der Waals surface area contributed by atoms with E-state index in [0.29, 0.717) is 11.3 Å². The van der Waals surface area contributed by atoms with Gasteiger partial charge in [0.1, 0.15) is 0 Å². The molecule has 3 aromatic rings. The van der Waals surface area contributed by atoms with E-state index in [1.54, 1.807) is 22.4 Å². The van der Waals surface area contributed by atoms with Crippen molar-refractivity contribution in [3.05, 3.63) is 70.9 Å². The van der Waals surface area contributed by atoms with Crippen LogP contribution in [0.15, 0.2) is 48.5 Å². The van der Waals surface area contributed by atoms with Crippen LogP contribution in [0.25, 0.3) is 10.9 Å². The summed E-state index contributed by atoms with van der Waals surface area (Å²) in [4.78, 5) is 0. The maximum absolute atomic E-state index is 2.54. The second-order valence-electron chi connectivity index (χ2n) is 8.54. The SMILES string of the molecule is Cn1c2c(c3ccccc31)C1(CCCCC1)C1Cc3ccccc3C21. The highest BCUT2D eigenvalue weighted by Crippen LogP contribution is 2.64. The number of benzene rings is 2. The van der Waals surface area contributed by atoms with Gasteiger partial charge in [-0.15, -0.1) is 0 Å². The van der Waals surface area contributed by atoms with Gasteiger partial charge in [-0.2, -0.15) is 0 Å². The lowest BCUT2D eigenvalue weighted by Crippen LogP contribution is -2.35. The molecule has 3 aliphatic rings. The van der Waals surface area contributed by atoms with Crippen LogP contribution in [0.4, 0.5) is 0 Å². The number of para-hydroxylation sites is 1. The molecule has 2 atom stereocenters. The molecule has 2 unspecified atom stereocenters. The van der Waals surface area contributed by atoms with Crippen molar-refractivity contribution in [2.24, 2.45) is 13.0 Å². The van der Waals surface area contributed by atoms with Crippen molar-refractivity contribution in [3.63, 3.8) is 0 Å². The maximum atomic E-state index is 2.54. The maximum Gasteiger partial charge on any atom is 0.0483 e. The molecular weight excluding hydrogens is 302 g/mol. The topological polar surface area (TPSA) is 4.93 Å². The summed E-state index contributed by atoms with van der Waals surface area (Å²) in [6.45, 7) is 0. The van der Waals surface area contributed by atoms with Crippen LogP contribution >= 0.6 is 0 Å². The molecule has 0 bridgehead atoms. The summed E-state index contributed by atoms with van der Waals surface area (Å²) < 4.78 is 2.54. The van der Waals surface area contributed by atoms with Gasteiger partial charge in [-0.05, 0) is 47.9 Å². The van der Waals surface area contributed by atoms with Crippen LogP contribution < -0.4 is 0 Å². The first-order valence-corrected chi connectivity index (χ1v) is 9.97. The van der Waals surface area contributed by atoms with E-state index in [9.17, 15) is 0 Å². The standard InChI is InChI=1S/C24H25N/c1-25-20-12-6-5-11-18(20)22-23(25)21-17-10-4-3-9-16(17)15-19(21)24(22)13-7-2-8-14-24/h3-6,9-12,19,21H,2,7-8,13-15H2,1H3. The summed E-state index contributed by atoms with van der Waals surface area (Å²) in [5.41, 5.74) is 8.44. The Kier molecular flexibility index (Phi) is 2.71. The number of aromatic nitrogens is 1. The molecule has 1 fully saturated rings. The van der Waals surface area contributed by atoms with Gasteiger partial charge < -0.3 is 4.57 Å². The first-order valence-electron chi connectivity index (χ1n) is 9.97. The van der Waals surface area contributed by atoms with Crippen molar-refractivity contribution in [1.82, 2.24) is 4.57 Å². The Morgan fingerprint density at radius 1 is 0.920 bits per heavy atom. The molecule has 126 valence electrons. The molecule has 0 N–H and O–H groups in total. The van der Waals surface area contributed by atoms with E-state index in [2.05, 4.69) is 60.1 Å². The Morgan fingerprint density at radius 2 is 1.68 bits per heavy atom. The van der Waals surface area contributed by atoms with Crippen LogP contribution in [0.5, 0.6) is 0 Å². The summed E-state index contributed by atoms with van der Waals surface area (Å²) >= 11 is 0. The fourth-order valence-electron chi connectivity index (χ4n) is 6.74. The summed E-state index contributed by atoms with van der Waals surface area (Å²) in [7, 11) is 2.31. The third-order valence-corrected chi connectivity index (χ3v) is 7.63. The Morgan fingerprint density at radius 3 is 2.56 bits per heavy atom. The molecule has 0 saturated heterocycles. The Balaban J connectivity index is 1.71. The smallest absolute Gasteiger partial charge is 0.0483 e.